The largest absolute Gasteiger partial charge is 0.477 e. The number of carbonyl (C=O) groups is 2. The number of ether oxygens (including phenoxy) is 1. The van der Waals surface area contributed by atoms with Crippen molar-refractivity contribution in [1.82, 2.24) is 25.3 Å². The second kappa shape index (κ2) is 25.8. The number of aryl methyl sites for hydroxylation is 4. The average molecular weight is 910 g/mol. The van der Waals surface area contributed by atoms with Crippen molar-refractivity contribution in [3.8, 4) is 24.3 Å². The zero-order chi connectivity index (χ0) is 47.6. The van der Waals surface area contributed by atoms with E-state index in [0.717, 1.165) is 44.8 Å². The zero-order valence-electron chi connectivity index (χ0n) is 36.6. The highest BCUT2D eigenvalue weighted by Crippen LogP contribution is 2.29. The van der Waals surface area contributed by atoms with E-state index in [2.05, 4.69) is 52.6 Å². The van der Waals surface area contributed by atoms with Gasteiger partial charge in [-0.2, -0.15) is 31.0 Å². The van der Waals surface area contributed by atoms with Crippen molar-refractivity contribution in [3.05, 3.63) is 153 Å². The molecule has 68 heavy (non-hydrogen) atoms. The van der Waals surface area contributed by atoms with Gasteiger partial charge in [-0.15, -0.1) is 0 Å². The number of methoxy groups -OCH3 is 1. The summed E-state index contributed by atoms with van der Waals surface area (Å²) in [7, 11) is 1.56. The first-order chi connectivity index (χ1) is 31.8. The lowest BCUT2D eigenvalue weighted by Crippen LogP contribution is -2.28. The molecule has 0 radical (unpaired) electrons. The van der Waals surface area contributed by atoms with E-state index in [0.29, 0.717) is 47.3 Å². The predicted octanol–water partition coefficient (Wildman–Crippen LogP) is 10.3. The molecule has 0 fully saturated rings. The SMILES string of the molecule is C.C.COCCNC(=O)c1cc(Nc2c(C)cc(/C=C/C#N)cc2C)nc(Nc2ccc(C#N)cc2)n1.Cc1cc(/C=C/C#N)cc(C)c1Nc1cc(C(=O)O)nc(Nc2ccc(C#N)cc2)n1. The Morgan fingerprint density at radius 2 is 1.00 bits per heavy atom. The molecule has 6 N–H and O–H groups in total. The van der Waals surface area contributed by atoms with Gasteiger partial charge >= 0.3 is 5.97 Å². The van der Waals surface area contributed by atoms with Crippen LogP contribution in [0.15, 0.2) is 97.1 Å². The second-order valence-corrected chi connectivity index (χ2v) is 14.3. The van der Waals surface area contributed by atoms with Gasteiger partial charge in [-0.3, -0.25) is 4.79 Å². The van der Waals surface area contributed by atoms with Gasteiger partial charge in [-0.1, -0.05) is 14.9 Å². The minimum Gasteiger partial charge on any atom is -0.477 e. The van der Waals surface area contributed by atoms with Crippen molar-refractivity contribution in [2.24, 2.45) is 0 Å². The lowest BCUT2D eigenvalue weighted by Gasteiger charge is -2.15. The van der Waals surface area contributed by atoms with Gasteiger partial charge in [0.1, 0.15) is 17.3 Å². The normalized spacial score (nSPS) is 10.1. The number of aromatic carboxylic acids is 1. The van der Waals surface area contributed by atoms with Gasteiger partial charge in [-0.05, 0) is 146 Å². The number of hydrogen-bond acceptors (Lipinski definition) is 15. The molecule has 0 atom stereocenters. The van der Waals surface area contributed by atoms with Crippen molar-refractivity contribution in [1.29, 1.82) is 21.0 Å². The summed E-state index contributed by atoms with van der Waals surface area (Å²) in [5.41, 5.74) is 9.50. The standard InChI is InChI=1S/C26H25N7O2.C23H18N6O2.2CH4/c1-17-13-20(5-4-10-27)14-18(2)24(17)32-23-15-22(25(34)29-11-12-35-3)31-26(33-23)30-21-8-6-19(16-28)7-9-21;1-14-10-17(4-3-9-24)11-15(2)21(14)28-20-12-19(22(30)31)27-23(29-20)26-18-7-5-16(13-25)6-8-18;;/h4-9,13-15H,11-12H2,1-3H3,(H,29,34)(H2,30,31,32,33);3-8,10-12H,1-2H3,(H,30,31)(H2,26,27,28,29);2*1H4/b5-4+;4-3+;;. The van der Waals surface area contributed by atoms with Crippen LogP contribution in [0.25, 0.3) is 12.2 Å². The van der Waals surface area contributed by atoms with Crippen molar-refractivity contribution in [2.45, 2.75) is 42.5 Å². The number of nitrogens with one attached hydrogen (secondary N) is 5. The summed E-state index contributed by atoms with van der Waals surface area (Å²) in [6.45, 7) is 8.45. The molecule has 2 heterocycles. The lowest BCUT2D eigenvalue weighted by atomic mass is 10.0. The summed E-state index contributed by atoms with van der Waals surface area (Å²) >= 11 is 0. The molecule has 0 unspecified atom stereocenters. The topological polar surface area (TPSA) is 270 Å². The van der Waals surface area contributed by atoms with Gasteiger partial charge in [0, 0.05) is 60.7 Å². The Hall–Kier alpha value is -9.42. The van der Waals surface area contributed by atoms with Crippen LogP contribution in [0.1, 0.15) is 80.3 Å². The molecule has 0 aliphatic heterocycles. The first-order valence-corrected chi connectivity index (χ1v) is 20.0. The molecular weight excluding hydrogens is 859 g/mol. The van der Waals surface area contributed by atoms with Gasteiger partial charge in [0.05, 0.1) is 42.0 Å². The monoisotopic (exact) mass is 909 g/mol. The van der Waals surface area contributed by atoms with Crippen LogP contribution in [-0.2, 0) is 4.74 Å². The number of amides is 1. The summed E-state index contributed by atoms with van der Waals surface area (Å²) in [6.07, 6.45) is 6.31. The first-order valence-electron chi connectivity index (χ1n) is 20.0. The second-order valence-electron chi connectivity index (χ2n) is 14.3. The highest BCUT2D eigenvalue weighted by Gasteiger charge is 2.16. The van der Waals surface area contributed by atoms with Crippen LogP contribution in [0.3, 0.4) is 0 Å². The Morgan fingerprint density at radius 1 is 0.603 bits per heavy atom. The number of carbonyl (C=O) groups excluding carboxylic acids is 1. The van der Waals surface area contributed by atoms with Crippen LogP contribution in [0, 0.1) is 73.0 Å². The van der Waals surface area contributed by atoms with Gasteiger partial charge in [0.2, 0.25) is 11.9 Å². The number of nitriles is 4. The van der Waals surface area contributed by atoms with E-state index < -0.39 is 5.97 Å². The minimum atomic E-state index is -1.18. The van der Waals surface area contributed by atoms with Crippen LogP contribution in [0.5, 0.6) is 0 Å². The fourth-order valence-corrected chi connectivity index (χ4v) is 6.34. The van der Waals surface area contributed by atoms with Crippen molar-refractivity contribution >= 4 is 70.3 Å². The van der Waals surface area contributed by atoms with Gasteiger partial charge < -0.3 is 36.4 Å². The van der Waals surface area contributed by atoms with Crippen molar-refractivity contribution in [3.63, 3.8) is 0 Å². The minimum absolute atomic E-state index is 0. The summed E-state index contributed by atoms with van der Waals surface area (Å²) in [5.74, 6) is -0.467. The lowest BCUT2D eigenvalue weighted by molar-refractivity contribution is 0.0690. The summed E-state index contributed by atoms with van der Waals surface area (Å²) < 4.78 is 5.00. The number of benzene rings is 4. The molecule has 0 saturated heterocycles. The number of rotatable bonds is 15. The maximum atomic E-state index is 12.7. The van der Waals surface area contributed by atoms with Gasteiger partial charge in [-0.25, -0.2) is 14.8 Å². The summed E-state index contributed by atoms with van der Waals surface area (Å²) in [6, 6.07) is 32.2. The molecule has 4 aromatic carbocycles. The molecule has 6 rings (SSSR count). The van der Waals surface area contributed by atoms with Crippen molar-refractivity contribution < 1.29 is 19.4 Å². The van der Waals surface area contributed by atoms with E-state index in [1.165, 1.54) is 18.2 Å². The summed E-state index contributed by atoms with van der Waals surface area (Å²) in [5, 5.41) is 60.2. The Kier molecular flexibility index (Phi) is 20.1. The summed E-state index contributed by atoms with van der Waals surface area (Å²) in [4.78, 5) is 41.6. The molecule has 1 amide bonds. The molecular formula is C51H51N13O4. The van der Waals surface area contributed by atoms with E-state index in [9.17, 15) is 14.7 Å². The number of aromatic nitrogens is 4. The van der Waals surface area contributed by atoms with Crippen LogP contribution in [0.2, 0.25) is 0 Å². The third kappa shape index (κ3) is 15.1. The molecule has 0 aliphatic rings. The Balaban J connectivity index is 0.000000352. The molecule has 17 nitrogen and oxygen atoms in total. The van der Waals surface area contributed by atoms with Crippen LogP contribution >= 0.6 is 0 Å². The fourth-order valence-electron chi connectivity index (χ4n) is 6.34. The molecule has 6 aromatic rings. The Bertz CT molecular complexity index is 2930. The first kappa shape index (κ1) is 52.9. The Labute approximate surface area is 396 Å². The van der Waals surface area contributed by atoms with Gasteiger partial charge in [0.15, 0.2) is 5.69 Å². The van der Waals surface area contributed by atoms with E-state index >= 15 is 0 Å². The number of nitrogens with zero attached hydrogens (tertiary/aromatic N) is 8. The zero-order valence-corrected chi connectivity index (χ0v) is 36.6. The number of anilines is 8. The number of allylic oxidation sites excluding steroid dienone is 2. The average Bonchev–Trinajstić information content (AvgIpc) is 3.30. The molecule has 0 saturated carbocycles. The quantitative estimate of drug-likeness (QED) is 0.0413. The van der Waals surface area contributed by atoms with Crippen LogP contribution < -0.4 is 26.6 Å². The molecule has 0 aliphatic carbocycles. The molecule has 0 spiro atoms. The highest BCUT2D eigenvalue weighted by molar-refractivity contribution is 5.93. The Morgan fingerprint density at radius 3 is 1.37 bits per heavy atom. The number of hydrogen-bond donors (Lipinski definition) is 6. The maximum absolute atomic E-state index is 12.7. The van der Waals surface area contributed by atoms with Crippen molar-refractivity contribution in [2.75, 3.05) is 41.5 Å². The van der Waals surface area contributed by atoms with E-state index in [1.54, 1.807) is 73.9 Å². The fraction of sp³-hybridized carbons (Fsp3) is 0.176. The number of carboxylic acid groups (broad SMARTS) is 1. The molecule has 2 aromatic heterocycles. The van der Waals surface area contributed by atoms with E-state index in [1.807, 2.05) is 70.2 Å². The van der Waals surface area contributed by atoms with Crippen LogP contribution in [-0.4, -0.2) is 57.2 Å². The highest BCUT2D eigenvalue weighted by atomic mass is 16.5. The van der Waals surface area contributed by atoms with Crippen LogP contribution in [0.4, 0.5) is 46.3 Å². The molecule has 0 bridgehead atoms. The van der Waals surface area contributed by atoms with E-state index in [-0.39, 0.29) is 44.0 Å². The van der Waals surface area contributed by atoms with Gasteiger partial charge in [0.25, 0.3) is 5.91 Å². The maximum Gasteiger partial charge on any atom is 0.354 e. The third-order valence-electron chi connectivity index (χ3n) is 9.35. The number of carboxylic acids is 1. The third-order valence-corrected chi connectivity index (χ3v) is 9.35. The predicted molar refractivity (Wildman–Crippen MR) is 265 cm³/mol. The van der Waals surface area contributed by atoms with E-state index in [4.69, 9.17) is 25.8 Å². The molecule has 344 valence electrons. The smallest absolute Gasteiger partial charge is 0.354 e. The molecule has 17 heteroatoms.